The number of halogens is 1. The zero-order valence-electron chi connectivity index (χ0n) is 11.5. The highest BCUT2D eigenvalue weighted by Gasteiger charge is 2.14. The Balaban J connectivity index is 2.53. The number of hydrogen-bond acceptors (Lipinski definition) is 3. The number of aryl methyl sites for hydroxylation is 3. The van der Waals surface area contributed by atoms with Crippen LogP contribution in [-0.4, -0.2) is 9.97 Å². The molecule has 2 N–H and O–H groups in total. The molecule has 0 aliphatic heterocycles. The van der Waals surface area contributed by atoms with E-state index in [1.807, 2.05) is 20.8 Å². The minimum atomic E-state index is -0.357. The Morgan fingerprint density at radius 3 is 2.55 bits per heavy atom. The van der Waals surface area contributed by atoms with Gasteiger partial charge in [0.1, 0.15) is 22.3 Å². The summed E-state index contributed by atoms with van der Waals surface area (Å²) in [4.78, 5) is 4.52. The zero-order chi connectivity index (χ0) is 14.9. The number of ether oxygens (including phenoxy) is 1. The Kier molecular flexibility index (Phi) is 3.99. The van der Waals surface area contributed by atoms with Gasteiger partial charge in [-0.15, -0.1) is 0 Å². The van der Waals surface area contributed by atoms with Crippen LogP contribution >= 0.6 is 12.2 Å². The van der Waals surface area contributed by atoms with E-state index in [0.717, 1.165) is 11.3 Å². The molecule has 0 unspecified atom stereocenters. The minimum absolute atomic E-state index is 0.207. The smallest absolute Gasteiger partial charge is 0.141 e. The molecule has 0 aliphatic rings. The first-order valence-corrected chi connectivity index (χ1v) is 6.51. The summed E-state index contributed by atoms with van der Waals surface area (Å²) in [6, 6.07) is 6.13. The minimum Gasteiger partial charge on any atom is -0.456 e. The molecule has 5 heteroatoms. The van der Waals surface area contributed by atoms with Crippen molar-refractivity contribution in [2.45, 2.75) is 20.8 Å². The van der Waals surface area contributed by atoms with Gasteiger partial charge in [-0.05, 0) is 32.4 Å². The van der Waals surface area contributed by atoms with Crippen molar-refractivity contribution in [2.75, 3.05) is 0 Å². The second-order valence-electron chi connectivity index (χ2n) is 4.60. The van der Waals surface area contributed by atoms with Crippen molar-refractivity contribution in [3.63, 3.8) is 0 Å². The third-order valence-corrected chi connectivity index (χ3v) is 3.11. The third kappa shape index (κ3) is 2.93. The van der Waals surface area contributed by atoms with Gasteiger partial charge in [0.15, 0.2) is 0 Å². The Morgan fingerprint density at radius 1 is 1.20 bits per heavy atom. The van der Waals surface area contributed by atoms with Crippen molar-refractivity contribution >= 4 is 17.2 Å². The van der Waals surface area contributed by atoms with Gasteiger partial charge in [0.2, 0.25) is 0 Å². The lowest BCUT2D eigenvalue weighted by atomic mass is 10.1. The van der Waals surface area contributed by atoms with Crippen LogP contribution in [0, 0.1) is 26.6 Å². The first kappa shape index (κ1) is 14.4. The summed E-state index contributed by atoms with van der Waals surface area (Å²) in [6.45, 7) is 5.50. The van der Waals surface area contributed by atoms with Crippen molar-refractivity contribution in [1.29, 1.82) is 0 Å². The van der Waals surface area contributed by atoms with Gasteiger partial charge in [-0.3, -0.25) is 4.98 Å². The molecular weight excluding hydrogens is 275 g/mol. The van der Waals surface area contributed by atoms with Crippen LogP contribution < -0.4 is 10.5 Å². The Hall–Kier alpha value is -2.01. The van der Waals surface area contributed by atoms with Crippen LogP contribution in [0.15, 0.2) is 24.3 Å². The van der Waals surface area contributed by atoms with E-state index in [9.17, 15) is 4.39 Å². The molecule has 3 nitrogen and oxygen atoms in total. The molecule has 1 heterocycles. The predicted octanol–water partition coefficient (Wildman–Crippen LogP) is 3.57. The maximum absolute atomic E-state index is 13.3. The quantitative estimate of drug-likeness (QED) is 0.878. The van der Waals surface area contributed by atoms with Crippen LogP contribution in [0.5, 0.6) is 11.5 Å². The molecule has 2 rings (SSSR count). The summed E-state index contributed by atoms with van der Waals surface area (Å²) in [6.07, 6.45) is 0. The highest BCUT2D eigenvalue weighted by molar-refractivity contribution is 7.80. The van der Waals surface area contributed by atoms with Crippen LogP contribution in [0.4, 0.5) is 4.39 Å². The summed E-state index contributed by atoms with van der Waals surface area (Å²) in [5.41, 5.74) is 8.61. The fraction of sp³-hybridized carbons (Fsp3) is 0.200. The highest BCUT2D eigenvalue weighted by Crippen LogP contribution is 2.30. The maximum Gasteiger partial charge on any atom is 0.141 e. The predicted molar refractivity (Wildman–Crippen MR) is 80.8 cm³/mol. The summed E-state index contributed by atoms with van der Waals surface area (Å²) < 4.78 is 19.1. The van der Waals surface area contributed by atoms with Gasteiger partial charge in [0, 0.05) is 17.8 Å². The van der Waals surface area contributed by atoms with Crippen LogP contribution in [0.1, 0.15) is 22.5 Å². The summed E-state index contributed by atoms with van der Waals surface area (Å²) >= 11 is 5.04. The van der Waals surface area contributed by atoms with Crippen LogP contribution in [0.2, 0.25) is 0 Å². The third-order valence-electron chi connectivity index (χ3n) is 2.91. The number of nitrogens with zero attached hydrogens (tertiary/aromatic N) is 1. The van der Waals surface area contributed by atoms with E-state index >= 15 is 0 Å². The first-order valence-electron chi connectivity index (χ1n) is 6.10. The number of thiocarbonyl (C=S) groups is 1. The molecule has 0 atom stereocenters. The molecule has 0 aliphatic carbocycles. The van der Waals surface area contributed by atoms with Gasteiger partial charge in [-0.25, -0.2) is 4.39 Å². The summed E-state index contributed by atoms with van der Waals surface area (Å²) in [5, 5.41) is 0. The van der Waals surface area contributed by atoms with E-state index in [-0.39, 0.29) is 10.8 Å². The number of hydrogen-bond donors (Lipinski definition) is 1. The molecule has 0 saturated carbocycles. The van der Waals surface area contributed by atoms with Gasteiger partial charge in [-0.1, -0.05) is 18.3 Å². The van der Waals surface area contributed by atoms with Crippen molar-refractivity contribution in [1.82, 2.24) is 4.98 Å². The zero-order valence-corrected chi connectivity index (χ0v) is 12.3. The molecule has 20 heavy (non-hydrogen) atoms. The largest absolute Gasteiger partial charge is 0.456 e. The second-order valence-corrected chi connectivity index (χ2v) is 5.04. The number of rotatable bonds is 3. The molecule has 0 spiro atoms. The molecule has 104 valence electrons. The first-order chi connectivity index (χ1) is 9.38. The SMILES string of the molecule is Cc1cc(Oc2cc(F)ccc2C)c(C(N)=S)c(C)n1. The fourth-order valence-corrected chi connectivity index (χ4v) is 2.22. The molecule has 0 saturated heterocycles. The monoisotopic (exact) mass is 290 g/mol. The molecule has 1 aromatic heterocycles. The lowest BCUT2D eigenvalue weighted by Gasteiger charge is -2.14. The van der Waals surface area contributed by atoms with Crippen molar-refractivity contribution in [3.8, 4) is 11.5 Å². The molecule has 0 amide bonds. The van der Waals surface area contributed by atoms with Gasteiger partial charge in [-0.2, -0.15) is 0 Å². The van der Waals surface area contributed by atoms with Crippen molar-refractivity contribution < 1.29 is 9.13 Å². The van der Waals surface area contributed by atoms with Crippen LogP contribution in [0.3, 0.4) is 0 Å². The Bertz CT molecular complexity index is 686. The number of benzene rings is 1. The standard InChI is InChI=1S/C15H15FN2OS/c1-8-4-5-11(16)7-12(8)19-13-6-9(2)18-10(3)14(13)15(17)20/h4-7H,1-3H3,(H2,17,20). The van der Waals surface area contributed by atoms with Crippen molar-refractivity contribution in [2.24, 2.45) is 5.73 Å². The molecule has 0 radical (unpaired) electrons. The Morgan fingerprint density at radius 2 is 1.90 bits per heavy atom. The van der Waals surface area contributed by atoms with Gasteiger partial charge < -0.3 is 10.5 Å². The van der Waals surface area contributed by atoms with Gasteiger partial charge in [0.05, 0.1) is 11.3 Å². The normalized spacial score (nSPS) is 10.4. The average molecular weight is 290 g/mol. The molecule has 2 aromatic rings. The second kappa shape index (κ2) is 5.54. The van der Waals surface area contributed by atoms with E-state index in [1.54, 1.807) is 12.1 Å². The molecule has 1 aromatic carbocycles. The topological polar surface area (TPSA) is 48.1 Å². The Labute approximate surface area is 122 Å². The van der Waals surface area contributed by atoms with E-state index in [1.165, 1.54) is 12.1 Å². The summed E-state index contributed by atoms with van der Waals surface area (Å²) in [7, 11) is 0. The van der Waals surface area contributed by atoms with Crippen LogP contribution in [-0.2, 0) is 0 Å². The lowest BCUT2D eigenvalue weighted by molar-refractivity contribution is 0.470. The lowest BCUT2D eigenvalue weighted by Crippen LogP contribution is -2.14. The van der Waals surface area contributed by atoms with E-state index in [4.69, 9.17) is 22.7 Å². The van der Waals surface area contributed by atoms with E-state index in [2.05, 4.69) is 4.98 Å². The van der Waals surface area contributed by atoms with E-state index < -0.39 is 0 Å². The fourth-order valence-electron chi connectivity index (χ4n) is 1.98. The molecular formula is C15H15FN2OS. The average Bonchev–Trinajstić information content (AvgIpc) is 2.32. The molecule has 0 bridgehead atoms. The number of pyridine rings is 1. The highest BCUT2D eigenvalue weighted by atomic mass is 32.1. The van der Waals surface area contributed by atoms with E-state index in [0.29, 0.717) is 22.8 Å². The van der Waals surface area contributed by atoms with Crippen molar-refractivity contribution in [3.05, 3.63) is 52.6 Å². The van der Waals surface area contributed by atoms with Crippen LogP contribution in [0.25, 0.3) is 0 Å². The van der Waals surface area contributed by atoms with Gasteiger partial charge in [0.25, 0.3) is 0 Å². The number of aromatic nitrogens is 1. The maximum atomic E-state index is 13.3. The molecule has 0 fully saturated rings. The number of nitrogens with two attached hydrogens (primary N) is 1. The summed E-state index contributed by atoms with van der Waals surface area (Å²) in [5.74, 6) is 0.577. The van der Waals surface area contributed by atoms with Gasteiger partial charge >= 0.3 is 0 Å².